The van der Waals surface area contributed by atoms with Crippen molar-refractivity contribution in [3.05, 3.63) is 71.9 Å². The SMILES string of the molecule is CCN(CC(=O)Nc1cc(C(C)(C)C)nn1-c1ccccc1)C(=O)Nc1ccc(C(F)(F)F)cc1. The van der Waals surface area contributed by atoms with E-state index >= 15 is 0 Å². The first-order chi connectivity index (χ1) is 16.4. The number of urea groups is 1. The highest BCUT2D eigenvalue weighted by atomic mass is 19.4. The first-order valence-electron chi connectivity index (χ1n) is 11.1. The van der Waals surface area contributed by atoms with E-state index in [4.69, 9.17) is 0 Å². The van der Waals surface area contributed by atoms with Crippen LogP contribution in [0.1, 0.15) is 39.0 Å². The predicted molar refractivity (Wildman–Crippen MR) is 129 cm³/mol. The molecule has 0 bridgehead atoms. The number of anilines is 2. The number of hydrogen-bond acceptors (Lipinski definition) is 3. The van der Waals surface area contributed by atoms with Gasteiger partial charge in [0.05, 0.1) is 16.9 Å². The van der Waals surface area contributed by atoms with E-state index in [9.17, 15) is 22.8 Å². The molecule has 0 saturated carbocycles. The number of hydrogen-bond donors (Lipinski definition) is 2. The summed E-state index contributed by atoms with van der Waals surface area (Å²) in [5, 5.41) is 10.00. The highest BCUT2D eigenvalue weighted by Crippen LogP contribution is 2.30. The zero-order chi connectivity index (χ0) is 25.8. The Labute approximate surface area is 201 Å². The molecule has 0 fully saturated rings. The Kier molecular flexibility index (Phi) is 7.52. The Bertz CT molecular complexity index is 1170. The van der Waals surface area contributed by atoms with Crippen LogP contribution in [0.25, 0.3) is 5.69 Å². The molecule has 0 aliphatic carbocycles. The normalized spacial score (nSPS) is 11.7. The second kappa shape index (κ2) is 10.2. The van der Waals surface area contributed by atoms with E-state index in [2.05, 4.69) is 15.7 Å². The van der Waals surface area contributed by atoms with E-state index in [1.807, 2.05) is 51.1 Å². The van der Waals surface area contributed by atoms with Crippen molar-refractivity contribution in [3.8, 4) is 5.69 Å². The summed E-state index contributed by atoms with van der Waals surface area (Å²) in [4.78, 5) is 26.7. The standard InChI is InChI=1S/C25H28F3N5O2/c1-5-32(23(35)29-18-13-11-17(12-14-18)25(26,27)28)16-22(34)30-21-15-20(24(2,3)4)31-33(21)19-9-7-6-8-10-19/h6-15H,5,16H2,1-4H3,(H,29,35)(H,30,34). The van der Waals surface area contributed by atoms with Crippen LogP contribution in [0.2, 0.25) is 0 Å². The largest absolute Gasteiger partial charge is 0.416 e. The monoisotopic (exact) mass is 487 g/mol. The van der Waals surface area contributed by atoms with Gasteiger partial charge in [-0.15, -0.1) is 0 Å². The van der Waals surface area contributed by atoms with Crippen LogP contribution in [0.15, 0.2) is 60.7 Å². The summed E-state index contributed by atoms with van der Waals surface area (Å²) in [6, 6.07) is 14.6. The molecule has 7 nitrogen and oxygen atoms in total. The predicted octanol–water partition coefficient (Wildman–Crippen LogP) is 5.68. The number of halogens is 3. The van der Waals surface area contributed by atoms with Crippen LogP contribution in [0, 0.1) is 0 Å². The number of nitrogens with zero attached hydrogens (tertiary/aromatic N) is 3. The van der Waals surface area contributed by atoms with E-state index in [1.165, 1.54) is 17.0 Å². The average molecular weight is 488 g/mol. The minimum Gasteiger partial charge on any atom is -0.315 e. The van der Waals surface area contributed by atoms with Crippen LogP contribution < -0.4 is 10.6 Å². The number of rotatable bonds is 6. The number of para-hydroxylation sites is 1. The average Bonchev–Trinajstić information content (AvgIpc) is 3.22. The molecule has 0 atom stereocenters. The van der Waals surface area contributed by atoms with Crippen molar-refractivity contribution < 1.29 is 22.8 Å². The molecule has 0 unspecified atom stereocenters. The lowest BCUT2D eigenvalue weighted by Crippen LogP contribution is -2.40. The number of carbonyl (C=O) groups is 2. The van der Waals surface area contributed by atoms with Crippen molar-refractivity contribution in [1.29, 1.82) is 0 Å². The van der Waals surface area contributed by atoms with Crippen molar-refractivity contribution >= 4 is 23.4 Å². The van der Waals surface area contributed by atoms with E-state index in [-0.39, 0.29) is 24.2 Å². The van der Waals surface area contributed by atoms with Crippen LogP contribution in [0.5, 0.6) is 0 Å². The van der Waals surface area contributed by atoms with Crippen molar-refractivity contribution in [3.63, 3.8) is 0 Å². The number of benzene rings is 2. The fourth-order valence-corrected chi connectivity index (χ4v) is 3.23. The van der Waals surface area contributed by atoms with Crippen LogP contribution >= 0.6 is 0 Å². The van der Waals surface area contributed by atoms with Gasteiger partial charge in [-0.25, -0.2) is 9.48 Å². The molecule has 0 spiro atoms. The molecule has 3 aromatic rings. The Morgan fingerprint density at radius 3 is 2.14 bits per heavy atom. The number of nitrogens with one attached hydrogen (secondary N) is 2. The molecule has 3 amide bonds. The molecule has 2 aromatic carbocycles. The van der Waals surface area contributed by atoms with E-state index in [0.29, 0.717) is 5.82 Å². The fourth-order valence-electron chi connectivity index (χ4n) is 3.23. The molecule has 0 saturated heterocycles. The third-order valence-corrected chi connectivity index (χ3v) is 5.21. The van der Waals surface area contributed by atoms with Gasteiger partial charge in [-0.1, -0.05) is 39.0 Å². The Morgan fingerprint density at radius 1 is 0.971 bits per heavy atom. The molecule has 1 heterocycles. The lowest BCUT2D eigenvalue weighted by Gasteiger charge is -2.21. The van der Waals surface area contributed by atoms with Gasteiger partial charge in [-0.2, -0.15) is 18.3 Å². The third kappa shape index (κ3) is 6.62. The zero-order valence-electron chi connectivity index (χ0n) is 20.0. The van der Waals surface area contributed by atoms with Gasteiger partial charge in [-0.3, -0.25) is 4.79 Å². The van der Waals surface area contributed by atoms with Crippen LogP contribution in [-0.2, 0) is 16.4 Å². The maximum Gasteiger partial charge on any atom is 0.416 e. The number of carbonyl (C=O) groups excluding carboxylic acids is 2. The zero-order valence-corrected chi connectivity index (χ0v) is 20.0. The number of alkyl halides is 3. The van der Waals surface area contributed by atoms with Gasteiger partial charge in [0.25, 0.3) is 0 Å². The summed E-state index contributed by atoms with van der Waals surface area (Å²) in [7, 11) is 0. The topological polar surface area (TPSA) is 79.3 Å². The van der Waals surface area contributed by atoms with Crippen molar-refractivity contribution in [1.82, 2.24) is 14.7 Å². The first-order valence-corrected chi connectivity index (χ1v) is 11.1. The summed E-state index contributed by atoms with van der Waals surface area (Å²) in [5.74, 6) is 0.0253. The van der Waals surface area contributed by atoms with Gasteiger partial charge in [-0.05, 0) is 43.3 Å². The van der Waals surface area contributed by atoms with Crippen LogP contribution in [-0.4, -0.2) is 39.7 Å². The number of aromatic nitrogens is 2. The van der Waals surface area contributed by atoms with Gasteiger partial charge in [0.1, 0.15) is 12.4 Å². The molecular formula is C25H28F3N5O2. The minimum atomic E-state index is -4.46. The Balaban J connectivity index is 1.72. The van der Waals surface area contributed by atoms with Gasteiger partial charge in [0, 0.05) is 23.7 Å². The lowest BCUT2D eigenvalue weighted by atomic mass is 9.92. The fraction of sp³-hybridized carbons (Fsp3) is 0.320. The second-order valence-electron chi connectivity index (χ2n) is 8.98. The summed E-state index contributed by atoms with van der Waals surface area (Å²) in [5.41, 5.74) is 0.678. The molecule has 3 rings (SSSR count). The third-order valence-electron chi connectivity index (χ3n) is 5.21. The molecule has 35 heavy (non-hydrogen) atoms. The van der Waals surface area contributed by atoms with Crippen LogP contribution in [0.4, 0.5) is 29.5 Å². The summed E-state index contributed by atoms with van der Waals surface area (Å²) >= 11 is 0. The van der Waals surface area contributed by atoms with Gasteiger partial charge in [0.2, 0.25) is 5.91 Å². The molecule has 1 aromatic heterocycles. The second-order valence-corrected chi connectivity index (χ2v) is 8.98. The Morgan fingerprint density at radius 2 is 1.60 bits per heavy atom. The number of likely N-dealkylation sites (N-methyl/N-ethyl adjacent to an activating group) is 1. The molecular weight excluding hydrogens is 459 g/mol. The summed E-state index contributed by atoms with van der Waals surface area (Å²) in [6.45, 7) is 7.70. The van der Waals surface area contributed by atoms with E-state index < -0.39 is 23.7 Å². The highest BCUT2D eigenvalue weighted by Gasteiger charge is 2.30. The molecule has 186 valence electrons. The van der Waals surface area contributed by atoms with Crippen LogP contribution in [0.3, 0.4) is 0 Å². The van der Waals surface area contributed by atoms with Gasteiger partial charge >= 0.3 is 12.2 Å². The minimum absolute atomic E-state index is 0.193. The molecule has 0 radical (unpaired) electrons. The summed E-state index contributed by atoms with van der Waals surface area (Å²) < 4.78 is 39.9. The molecule has 10 heteroatoms. The smallest absolute Gasteiger partial charge is 0.315 e. The highest BCUT2D eigenvalue weighted by molar-refractivity contribution is 5.96. The van der Waals surface area contributed by atoms with Crippen molar-refractivity contribution in [2.24, 2.45) is 0 Å². The van der Waals surface area contributed by atoms with Crippen molar-refractivity contribution in [2.45, 2.75) is 39.3 Å². The lowest BCUT2D eigenvalue weighted by molar-refractivity contribution is -0.137. The number of amides is 3. The maximum atomic E-state index is 12.8. The molecule has 0 aliphatic rings. The molecule has 2 N–H and O–H groups in total. The van der Waals surface area contributed by atoms with Gasteiger partial charge in [0.15, 0.2) is 0 Å². The summed E-state index contributed by atoms with van der Waals surface area (Å²) in [6.07, 6.45) is -4.46. The Hall–Kier alpha value is -3.82. The molecule has 0 aliphatic heterocycles. The van der Waals surface area contributed by atoms with Crippen molar-refractivity contribution in [2.75, 3.05) is 23.7 Å². The van der Waals surface area contributed by atoms with Gasteiger partial charge < -0.3 is 15.5 Å². The maximum absolute atomic E-state index is 12.8. The first kappa shape index (κ1) is 25.8. The quantitative estimate of drug-likeness (QED) is 0.470. The van der Waals surface area contributed by atoms with E-state index in [1.54, 1.807) is 17.7 Å². The van der Waals surface area contributed by atoms with E-state index in [0.717, 1.165) is 23.5 Å².